The van der Waals surface area contributed by atoms with Crippen molar-refractivity contribution in [2.45, 2.75) is 32.7 Å². The predicted molar refractivity (Wildman–Crippen MR) is 83.2 cm³/mol. The van der Waals surface area contributed by atoms with Crippen LogP contribution in [0.25, 0.3) is 0 Å². The maximum absolute atomic E-state index is 12.3. The molecule has 0 spiro atoms. The first kappa shape index (κ1) is 16.0. The van der Waals surface area contributed by atoms with E-state index < -0.39 is 0 Å². The van der Waals surface area contributed by atoms with Gasteiger partial charge in [-0.15, -0.1) is 0 Å². The van der Waals surface area contributed by atoms with E-state index in [4.69, 9.17) is 0 Å². The van der Waals surface area contributed by atoms with Gasteiger partial charge in [0.1, 0.15) is 17.9 Å². The Kier molecular flexibility index (Phi) is 5.14. The lowest BCUT2D eigenvalue weighted by molar-refractivity contribution is -0.121. The maximum Gasteiger partial charge on any atom is 0.225 e. The van der Waals surface area contributed by atoms with Gasteiger partial charge >= 0.3 is 0 Å². The van der Waals surface area contributed by atoms with Gasteiger partial charge in [-0.25, -0.2) is 4.98 Å². The third-order valence-corrected chi connectivity index (χ3v) is 3.38. The van der Waals surface area contributed by atoms with Crippen LogP contribution in [0.5, 0.6) is 5.75 Å². The van der Waals surface area contributed by atoms with E-state index in [1.54, 1.807) is 22.9 Å². The molecule has 1 atom stereocenters. The van der Waals surface area contributed by atoms with E-state index in [0.717, 1.165) is 17.8 Å². The van der Waals surface area contributed by atoms with Gasteiger partial charge in [0, 0.05) is 7.05 Å². The van der Waals surface area contributed by atoms with Crippen LogP contribution < -0.4 is 5.32 Å². The van der Waals surface area contributed by atoms with E-state index in [2.05, 4.69) is 29.2 Å². The molecule has 6 nitrogen and oxygen atoms in total. The number of aromatic hydroxyl groups is 1. The van der Waals surface area contributed by atoms with Gasteiger partial charge in [-0.2, -0.15) is 5.10 Å². The highest BCUT2D eigenvalue weighted by molar-refractivity contribution is 5.79. The van der Waals surface area contributed by atoms with Gasteiger partial charge in [0.15, 0.2) is 0 Å². The fourth-order valence-electron chi connectivity index (χ4n) is 2.42. The lowest BCUT2D eigenvalue weighted by atomic mass is 10.0. The molecule has 22 heavy (non-hydrogen) atoms. The third kappa shape index (κ3) is 4.31. The second kappa shape index (κ2) is 7.06. The molecule has 1 aromatic carbocycles. The Bertz CT molecular complexity index is 637. The minimum atomic E-state index is -0.169. The number of phenols is 1. The van der Waals surface area contributed by atoms with Gasteiger partial charge in [0.2, 0.25) is 5.91 Å². The van der Waals surface area contributed by atoms with Crippen LogP contribution in [0.3, 0.4) is 0 Å². The topological polar surface area (TPSA) is 80.0 Å². The second-order valence-electron chi connectivity index (χ2n) is 5.84. The number of rotatable bonds is 6. The van der Waals surface area contributed by atoms with Crippen LogP contribution in [0.4, 0.5) is 0 Å². The molecule has 0 saturated heterocycles. The minimum absolute atomic E-state index is 0.0979. The van der Waals surface area contributed by atoms with Gasteiger partial charge < -0.3 is 10.4 Å². The maximum atomic E-state index is 12.3. The number of phenolic OH excluding ortho intramolecular Hbond substituents is 1. The summed E-state index contributed by atoms with van der Waals surface area (Å²) in [4.78, 5) is 16.5. The second-order valence-corrected chi connectivity index (χ2v) is 5.84. The molecule has 0 radical (unpaired) electrons. The molecule has 1 amide bonds. The van der Waals surface area contributed by atoms with Crippen LogP contribution in [0.2, 0.25) is 0 Å². The number of hydrogen-bond donors (Lipinski definition) is 2. The molecular weight excluding hydrogens is 280 g/mol. The standard InChI is InChI=1S/C16H22N4O2/c1-11(2)7-14(16-17-10-18-20(16)3)19-15(22)9-12-5-4-6-13(21)8-12/h4-6,8,10-11,14,21H,7,9H2,1-3H3,(H,19,22)/t14-/m0/s1. The zero-order chi connectivity index (χ0) is 16.1. The molecule has 6 heteroatoms. The van der Waals surface area contributed by atoms with E-state index in [9.17, 15) is 9.90 Å². The average Bonchev–Trinajstić information content (AvgIpc) is 2.83. The van der Waals surface area contributed by atoms with Gasteiger partial charge in [0.25, 0.3) is 0 Å². The highest BCUT2D eigenvalue weighted by atomic mass is 16.3. The Balaban J connectivity index is 2.06. The lowest BCUT2D eigenvalue weighted by Gasteiger charge is -2.20. The van der Waals surface area contributed by atoms with Crippen molar-refractivity contribution in [2.75, 3.05) is 0 Å². The molecule has 0 fully saturated rings. The van der Waals surface area contributed by atoms with Crippen molar-refractivity contribution >= 4 is 5.91 Å². The smallest absolute Gasteiger partial charge is 0.225 e. The number of carbonyl (C=O) groups excluding carboxylic acids is 1. The SMILES string of the molecule is CC(C)C[C@H](NC(=O)Cc1cccc(O)c1)c1ncnn1C. The minimum Gasteiger partial charge on any atom is -0.508 e. The molecule has 2 N–H and O–H groups in total. The van der Waals surface area contributed by atoms with Crippen molar-refractivity contribution in [3.8, 4) is 5.75 Å². The van der Waals surface area contributed by atoms with Crippen LogP contribution >= 0.6 is 0 Å². The van der Waals surface area contributed by atoms with Crippen molar-refractivity contribution in [3.63, 3.8) is 0 Å². The van der Waals surface area contributed by atoms with Crippen molar-refractivity contribution < 1.29 is 9.90 Å². The van der Waals surface area contributed by atoms with E-state index in [0.29, 0.717) is 5.92 Å². The van der Waals surface area contributed by atoms with Gasteiger partial charge in [-0.1, -0.05) is 26.0 Å². The number of nitrogens with zero attached hydrogens (tertiary/aromatic N) is 3. The molecule has 0 aliphatic rings. The Morgan fingerprint density at radius 1 is 1.41 bits per heavy atom. The molecule has 2 rings (SSSR count). The third-order valence-electron chi connectivity index (χ3n) is 3.38. The first-order valence-corrected chi connectivity index (χ1v) is 7.37. The molecule has 1 aromatic heterocycles. The summed E-state index contributed by atoms with van der Waals surface area (Å²) in [6, 6.07) is 6.56. The van der Waals surface area contributed by atoms with Crippen molar-refractivity contribution in [3.05, 3.63) is 42.0 Å². The average molecular weight is 302 g/mol. The molecule has 0 aliphatic carbocycles. The Morgan fingerprint density at radius 3 is 2.77 bits per heavy atom. The van der Waals surface area contributed by atoms with E-state index in [1.165, 1.54) is 6.33 Å². The van der Waals surface area contributed by atoms with Gasteiger partial charge in [-0.3, -0.25) is 9.48 Å². The fourth-order valence-corrected chi connectivity index (χ4v) is 2.42. The first-order chi connectivity index (χ1) is 10.5. The largest absolute Gasteiger partial charge is 0.508 e. The lowest BCUT2D eigenvalue weighted by Crippen LogP contribution is -2.32. The Labute approximate surface area is 130 Å². The molecule has 1 heterocycles. The summed E-state index contributed by atoms with van der Waals surface area (Å²) in [7, 11) is 1.82. The number of carbonyl (C=O) groups is 1. The summed E-state index contributed by atoms with van der Waals surface area (Å²) in [6.07, 6.45) is 2.50. The van der Waals surface area contributed by atoms with Crippen LogP contribution in [-0.2, 0) is 18.3 Å². The summed E-state index contributed by atoms with van der Waals surface area (Å²) in [5.41, 5.74) is 0.777. The van der Waals surface area contributed by atoms with Crippen molar-refractivity contribution in [1.82, 2.24) is 20.1 Å². The Morgan fingerprint density at radius 2 is 2.18 bits per heavy atom. The van der Waals surface area contributed by atoms with E-state index in [1.807, 2.05) is 13.1 Å². The normalized spacial score (nSPS) is 12.4. The van der Waals surface area contributed by atoms with E-state index >= 15 is 0 Å². The van der Waals surface area contributed by atoms with Crippen LogP contribution in [0.15, 0.2) is 30.6 Å². The molecular formula is C16H22N4O2. The number of aryl methyl sites for hydroxylation is 1. The van der Waals surface area contributed by atoms with Crippen molar-refractivity contribution in [1.29, 1.82) is 0 Å². The quantitative estimate of drug-likeness (QED) is 0.855. The molecule has 0 unspecified atom stereocenters. The predicted octanol–water partition coefficient (Wildman–Crippen LogP) is 1.97. The van der Waals surface area contributed by atoms with Crippen LogP contribution in [0.1, 0.15) is 37.7 Å². The molecule has 0 saturated carbocycles. The Hall–Kier alpha value is -2.37. The number of nitrogens with one attached hydrogen (secondary N) is 1. The molecule has 118 valence electrons. The number of hydrogen-bond acceptors (Lipinski definition) is 4. The summed E-state index contributed by atoms with van der Waals surface area (Å²) in [5, 5.41) is 16.5. The van der Waals surface area contributed by atoms with E-state index in [-0.39, 0.29) is 24.1 Å². The summed E-state index contributed by atoms with van der Waals surface area (Å²) in [5.74, 6) is 1.23. The molecule has 0 bridgehead atoms. The van der Waals surface area contributed by atoms with Crippen molar-refractivity contribution in [2.24, 2.45) is 13.0 Å². The van der Waals surface area contributed by atoms with Gasteiger partial charge in [-0.05, 0) is 30.0 Å². The zero-order valence-electron chi connectivity index (χ0n) is 13.2. The molecule has 0 aliphatic heterocycles. The highest BCUT2D eigenvalue weighted by Gasteiger charge is 2.20. The molecule has 2 aromatic rings. The highest BCUT2D eigenvalue weighted by Crippen LogP contribution is 2.19. The van der Waals surface area contributed by atoms with Crippen LogP contribution in [0, 0.1) is 5.92 Å². The summed E-state index contributed by atoms with van der Waals surface area (Å²) >= 11 is 0. The first-order valence-electron chi connectivity index (χ1n) is 7.37. The zero-order valence-corrected chi connectivity index (χ0v) is 13.2. The summed E-state index contributed by atoms with van der Waals surface area (Å²) in [6.45, 7) is 4.20. The number of amides is 1. The number of benzene rings is 1. The monoisotopic (exact) mass is 302 g/mol. The fraction of sp³-hybridized carbons (Fsp3) is 0.438. The summed E-state index contributed by atoms with van der Waals surface area (Å²) < 4.78 is 1.68. The van der Waals surface area contributed by atoms with Gasteiger partial charge in [0.05, 0.1) is 12.5 Å². The number of aromatic nitrogens is 3. The van der Waals surface area contributed by atoms with Crippen LogP contribution in [-0.4, -0.2) is 25.8 Å².